The number of pyridine rings is 1. The number of aromatic nitrogens is 1. The maximum atomic E-state index is 11.7. The SMILES string of the molecule is CC1(CNC(=O)Nc2cccnc2C(=O)O)CCC1. The van der Waals surface area contributed by atoms with Gasteiger partial charge in [0.15, 0.2) is 5.69 Å². The van der Waals surface area contributed by atoms with E-state index in [1.54, 1.807) is 6.07 Å². The average Bonchev–Trinajstić information content (AvgIpc) is 2.34. The molecule has 3 N–H and O–H groups in total. The Labute approximate surface area is 111 Å². The molecule has 1 fully saturated rings. The van der Waals surface area contributed by atoms with Gasteiger partial charge in [-0.15, -0.1) is 0 Å². The Hall–Kier alpha value is -2.11. The van der Waals surface area contributed by atoms with Crippen molar-refractivity contribution in [1.29, 1.82) is 0 Å². The first-order valence-corrected chi connectivity index (χ1v) is 6.23. The van der Waals surface area contributed by atoms with Gasteiger partial charge < -0.3 is 15.7 Å². The average molecular weight is 263 g/mol. The molecule has 0 spiro atoms. The minimum Gasteiger partial charge on any atom is -0.476 e. The van der Waals surface area contributed by atoms with Crippen LogP contribution in [0.2, 0.25) is 0 Å². The lowest BCUT2D eigenvalue weighted by Crippen LogP contribution is -2.41. The van der Waals surface area contributed by atoms with Crippen molar-refractivity contribution in [3.8, 4) is 0 Å². The molecule has 6 heteroatoms. The Kier molecular flexibility index (Phi) is 3.69. The van der Waals surface area contributed by atoms with Crippen LogP contribution in [0.4, 0.5) is 10.5 Å². The molecule has 6 nitrogen and oxygen atoms in total. The molecule has 0 aliphatic heterocycles. The summed E-state index contributed by atoms with van der Waals surface area (Å²) in [4.78, 5) is 26.4. The number of nitrogens with zero attached hydrogens (tertiary/aromatic N) is 1. The van der Waals surface area contributed by atoms with Crippen LogP contribution in [0.25, 0.3) is 0 Å². The van der Waals surface area contributed by atoms with Crippen LogP contribution < -0.4 is 10.6 Å². The van der Waals surface area contributed by atoms with Gasteiger partial charge in [-0.2, -0.15) is 0 Å². The Morgan fingerprint density at radius 3 is 2.79 bits per heavy atom. The molecule has 1 aromatic heterocycles. The van der Waals surface area contributed by atoms with E-state index in [1.165, 1.54) is 18.7 Å². The number of aromatic carboxylic acids is 1. The van der Waals surface area contributed by atoms with Crippen molar-refractivity contribution in [3.05, 3.63) is 24.0 Å². The molecule has 0 radical (unpaired) electrons. The maximum Gasteiger partial charge on any atom is 0.356 e. The predicted molar refractivity (Wildman–Crippen MR) is 70.2 cm³/mol. The molecule has 0 bridgehead atoms. The smallest absolute Gasteiger partial charge is 0.356 e. The standard InChI is InChI=1S/C13H17N3O3/c1-13(5-3-6-13)8-15-12(19)16-9-4-2-7-14-10(9)11(17)18/h2,4,7H,3,5-6,8H2,1H3,(H,17,18)(H2,15,16,19). The van der Waals surface area contributed by atoms with E-state index in [2.05, 4.69) is 22.5 Å². The van der Waals surface area contributed by atoms with E-state index in [9.17, 15) is 9.59 Å². The number of rotatable bonds is 4. The molecule has 1 aliphatic rings. The van der Waals surface area contributed by atoms with Crippen LogP contribution in [0.5, 0.6) is 0 Å². The van der Waals surface area contributed by atoms with E-state index in [0.29, 0.717) is 6.54 Å². The van der Waals surface area contributed by atoms with Crippen molar-refractivity contribution < 1.29 is 14.7 Å². The van der Waals surface area contributed by atoms with E-state index in [0.717, 1.165) is 12.8 Å². The summed E-state index contributed by atoms with van der Waals surface area (Å²) in [6, 6.07) is 2.69. The molecule has 2 rings (SSSR count). The lowest BCUT2D eigenvalue weighted by atomic mass is 9.70. The van der Waals surface area contributed by atoms with Crippen molar-refractivity contribution in [2.75, 3.05) is 11.9 Å². The number of amides is 2. The first-order valence-electron chi connectivity index (χ1n) is 6.23. The minimum absolute atomic E-state index is 0.160. The normalized spacial score (nSPS) is 16.3. The molecule has 2 amide bonds. The third kappa shape index (κ3) is 3.21. The summed E-state index contributed by atoms with van der Waals surface area (Å²) in [5, 5.41) is 14.2. The third-order valence-electron chi connectivity index (χ3n) is 3.49. The molecule has 1 aliphatic carbocycles. The zero-order valence-corrected chi connectivity index (χ0v) is 10.8. The lowest BCUT2D eigenvalue weighted by Gasteiger charge is -2.38. The summed E-state index contributed by atoms with van der Waals surface area (Å²) < 4.78 is 0. The van der Waals surface area contributed by atoms with Crippen molar-refractivity contribution >= 4 is 17.7 Å². The molecule has 1 heterocycles. The Bertz CT molecular complexity index is 498. The monoisotopic (exact) mass is 263 g/mol. The fourth-order valence-electron chi connectivity index (χ4n) is 2.09. The van der Waals surface area contributed by atoms with E-state index in [-0.39, 0.29) is 16.8 Å². The number of hydrogen-bond donors (Lipinski definition) is 3. The Balaban J connectivity index is 1.93. The van der Waals surface area contributed by atoms with Crippen molar-refractivity contribution in [2.45, 2.75) is 26.2 Å². The van der Waals surface area contributed by atoms with E-state index >= 15 is 0 Å². The highest BCUT2D eigenvalue weighted by molar-refractivity contribution is 5.98. The highest BCUT2D eigenvalue weighted by atomic mass is 16.4. The number of urea groups is 1. The van der Waals surface area contributed by atoms with E-state index in [4.69, 9.17) is 5.11 Å². The second kappa shape index (κ2) is 5.26. The summed E-state index contributed by atoms with van der Waals surface area (Å²) in [5.74, 6) is -1.16. The number of carboxylic acid groups (broad SMARTS) is 1. The van der Waals surface area contributed by atoms with Crippen LogP contribution >= 0.6 is 0 Å². The van der Waals surface area contributed by atoms with Gasteiger partial charge in [0.1, 0.15) is 0 Å². The fourth-order valence-corrected chi connectivity index (χ4v) is 2.09. The van der Waals surface area contributed by atoms with Crippen LogP contribution in [0, 0.1) is 5.41 Å². The summed E-state index contributed by atoms with van der Waals surface area (Å²) >= 11 is 0. The first-order chi connectivity index (χ1) is 9.00. The third-order valence-corrected chi connectivity index (χ3v) is 3.49. The molecule has 0 aromatic carbocycles. The van der Waals surface area contributed by atoms with Gasteiger partial charge in [0.25, 0.3) is 0 Å². The molecular weight excluding hydrogens is 246 g/mol. The largest absolute Gasteiger partial charge is 0.476 e. The highest BCUT2D eigenvalue weighted by Gasteiger charge is 2.31. The van der Waals surface area contributed by atoms with Crippen molar-refractivity contribution in [1.82, 2.24) is 10.3 Å². The Morgan fingerprint density at radius 1 is 1.47 bits per heavy atom. The molecule has 1 aromatic rings. The molecule has 0 atom stereocenters. The predicted octanol–water partition coefficient (Wildman–Crippen LogP) is 2.09. The van der Waals surface area contributed by atoms with Gasteiger partial charge in [-0.05, 0) is 30.4 Å². The quantitative estimate of drug-likeness (QED) is 0.775. The number of carbonyl (C=O) groups is 2. The molecule has 0 saturated heterocycles. The summed E-state index contributed by atoms with van der Waals surface area (Å²) in [7, 11) is 0. The van der Waals surface area contributed by atoms with Crippen molar-refractivity contribution in [2.24, 2.45) is 5.41 Å². The van der Waals surface area contributed by atoms with Gasteiger partial charge in [-0.1, -0.05) is 13.3 Å². The maximum absolute atomic E-state index is 11.7. The first kappa shape index (κ1) is 13.3. The van der Waals surface area contributed by atoms with Gasteiger partial charge in [0, 0.05) is 12.7 Å². The van der Waals surface area contributed by atoms with Crippen LogP contribution in [-0.2, 0) is 0 Å². The van der Waals surface area contributed by atoms with Crippen LogP contribution in [-0.4, -0.2) is 28.6 Å². The van der Waals surface area contributed by atoms with Gasteiger partial charge in [0.05, 0.1) is 5.69 Å². The van der Waals surface area contributed by atoms with Crippen molar-refractivity contribution in [3.63, 3.8) is 0 Å². The zero-order valence-electron chi connectivity index (χ0n) is 10.8. The summed E-state index contributed by atoms with van der Waals surface area (Å²) in [5.41, 5.74) is 0.223. The molecule has 0 unspecified atom stereocenters. The van der Waals surface area contributed by atoms with Crippen LogP contribution in [0.1, 0.15) is 36.7 Å². The molecule has 102 valence electrons. The van der Waals surface area contributed by atoms with Gasteiger partial charge >= 0.3 is 12.0 Å². The number of carbonyl (C=O) groups excluding carboxylic acids is 1. The molecule has 19 heavy (non-hydrogen) atoms. The number of anilines is 1. The number of carboxylic acids is 1. The van der Waals surface area contributed by atoms with E-state index < -0.39 is 12.0 Å². The lowest BCUT2D eigenvalue weighted by molar-refractivity contribution is 0.0691. The van der Waals surface area contributed by atoms with Gasteiger partial charge in [-0.25, -0.2) is 14.6 Å². The summed E-state index contributed by atoms with van der Waals surface area (Å²) in [6.07, 6.45) is 4.80. The minimum atomic E-state index is -1.16. The Morgan fingerprint density at radius 2 is 2.21 bits per heavy atom. The topological polar surface area (TPSA) is 91.3 Å². The second-order valence-corrected chi connectivity index (χ2v) is 5.18. The summed E-state index contributed by atoms with van der Waals surface area (Å²) in [6.45, 7) is 2.73. The fraction of sp³-hybridized carbons (Fsp3) is 0.462. The number of hydrogen-bond acceptors (Lipinski definition) is 3. The van der Waals surface area contributed by atoms with Crippen LogP contribution in [0.15, 0.2) is 18.3 Å². The van der Waals surface area contributed by atoms with E-state index in [1.807, 2.05) is 0 Å². The number of nitrogens with one attached hydrogen (secondary N) is 2. The van der Waals surface area contributed by atoms with Gasteiger partial charge in [0.2, 0.25) is 0 Å². The molecular formula is C13H17N3O3. The molecule has 1 saturated carbocycles. The zero-order chi connectivity index (χ0) is 13.9. The highest BCUT2D eigenvalue weighted by Crippen LogP contribution is 2.39. The van der Waals surface area contributed by atoms with Gasteiger partial charge in [-0.3, -0.25) is 0 Å². The second-order valence-electron chi connectivity index (χ2n) is 5.18. The van der Waals surface area contributed by atoms with Crippen LogP contribution in [0.3, 0.4) is 0 Å².